The van der Waals surface area contributed by atoms with Gasteiger partial charge in [0.2, 0.25) is 11.7 Å². The molecule has 0 radical (unpaired) electrons. The molecule has 5 heteroatoms. The van der Waals surface area contributed by atoms with E-state index in [0.29, 0.717) is 24.3 Å². The highest BCUT2D eigenvalue weighted by Gasteiger charge is 2.31. The number of morpholine rings is 1. The summed E-state index contributed by atoms with van der Waals surface area (Å²) in [6, 6.07) is 0. The lowest BCUT2D eigenvalue weighted by molar-refractivity contribution is 0.0208. The molecule has 0 bridgehead atoms. The molecule has 2 aliphatic rings. The minimum Gasteiger partial charge on any atom is -0.367 e. The third-order valence-corrected chi connectivity index (χ3v) is 3.85. The Kier molecular flexibility index (Phi) is 3.11. The van der Waals surface area contributed by atoms with E-state index >= 15 is 0 Å². The average molecular weight is 237 g/mol. The number of nitrogens with one attached hydrogen (secondary N) is 1. The zero-order valence-corrected chi connectivity index (χ0v) is 10.2. The Bertz CT molecular complexity index is 374. The molecule has 3 rings (SSSR count). The van der Waals surface area contributed by atoms with E-state index in [1.54, 1.807) is 0 Å². The van der Waals surface area contributed by atoms with Crippen molar-refractivity contribution >= 4 is 0 Å². The fourth-order valence-electron chi connectivity index (χ4n) is 2.77. The van der Waals surface area contributed by atoms with E-state index in [-0.39, 0.29) is 6.10 Å². The Morgan fingerprint density at radius 1 is 1.35 bits per heavy atom. The molecule has 94 valence electrons. The van der Waals surface area contributed by atoms with Gasteiger partial charge in [-0.3, -0.25) is 0 Å². The van der Waals surface area contributed by atoms with Crippen molar-refractivity contribution in [3.8, 4) is 0 Å². The van der Waals surface area contributed by atoms with Crippen molar-refractivity contribution in [1.29, 1.82) is 0 Å². The van der Waals surface area contributed by atoms with Crippen LogP contribution < -0.4 is 5.32 Å². The van der Waals surface area contributed by atoms with Crippen molar-refractivity contribution in [2.24, 2.45) is 5.92 Å². The van der Waals surface area contributed by atoms with Crippen LogP contribution in [0.1, 0.15) is 49.9 Å². The van der Waals surface area contributed by atoms with Crippen LogP contribution in [-0.2, 0) is 4.74 Å². The maximum Gasteiger partial charge on any atom is 0.230 e. The van der Waals surface area contributed by atoms with Crippen LogP contribution >= 0.6 is 0 Å². The molecule has 0 aromatic carbocycles. The highest BCUT2D eigenvalue weighted by atomic mass is 16.5. The van der Waals surface area contributed by atoms with Gasteiger partial charge in [0, 0.05) is 19.0 Å². The van der Waals surface area contributed by atoms with Crippen LogP contribution in [-0.4, -0.2) is 29.8 Å². The lowest BCUT2D eigenvalue weighted by Gasteiger charge is -2.20. The summed E-state index contributed by atoms with van der Waals surface area (Å²) in [5.41, 5.74) is 0. The molecular formula is C12H19N3O2. The molecule has 2 fully saturated rings. The van der Waals surface area contributed by atoms with Crippen LogP contribution in [0, 0.1) is 5.92 Å². The average Bonchev–Trinajstić information content (AvgIpc) is 2.98. The summed E-state index contributed by atoms with van der Waals surface area (Å²) >= 11 is 0. The standard InChI is InChI=1S/C12H19N3O2/c1-8-3-2-4-9(8)12-14-11(15-17-12)10-7-13-5-6-16-10/h8-10,13H,2-7H2,1H3. The van der Waals surface area contributed by atoms with E-state index in [2.05, 4.69) is 22.4 Å². The van der Waals surface area contributed by atoms with Crippen LogP contribution in [0.2, 0.25) is 0 Å². The van der Waals surface area contributed by atoms with Gasteiger partial charge in [-0.05, 0) is 18.8 Å². The Morgan fingerprint density at radius 2 is 2.29 bits per heavy atom. The first-order valence-corrected chi connectivity index (χ1v) is 6.50. The third-order valence-electron chi connectivity index (χ3n) is 3.85. The van der Waals surface area contributed by atoms with Gasteiger partial charge >= 0.3 is 0 Å². The predicted octanol–water partition coefficient (Wildman–Crippen LogP) is 1.63. The number of aromatic nitrogens is 2. The van der Waals surface area contributed by atoms with Crippen molar-refractivity contribution in [1.82, 2.24) is 15.5 Å². The number of nitrogens with zero attached hydrogens (tertiary/aromatic N) is 2. The van der Waals surface area contributed by atoms with E-state index in [1.807, 2.05) is 0 Å². The van der Waals surface area contributed by atoms with Gasteiger partial charge in [0.05, 0.1) is 6.61 Å². The molecule has 1 N–H and O–H groups in total. The van der Waals surface area contributed by atoms with Gasteiger partial charge < -0.3 is 14.6 Å². The second kappa shape index (κ2) is 4.74. The highest BCUT2D eigenvalue weighted by Crippen LogP contribution is 2.38. The third kappa shape index (κ3) is 2.21. The molecular weight excluding hydrogens is 218 g/mol. The quantitative estimate of drug-likeness (QED) is 0.847. The molecule has 2 heterocycles. The number of rotatable bonds is 2. The summed E-state index contributed by atoms with van der Waals surface area (Å²) in [5, 5.41) is 7.34. The Balaban J connectivity index is 1.73. The van der Waals surface area contributed by atoms with Crippen LogP contribution in [0.4, 0.5) is 0 Å². The maximum absolute atomic E-state index is 5.62. The second-order valence-electron chi connectivity index (χ2n) is 5.07. The van der Waals surface area contributed by atoms with Gasteiger partial charge in [-0.1, -0.05) is 18.5 Å². The summed E-state index contributed by atoms with van der Waals surface area (Å²) in [6.07, 6.45) is 3.67. The van der Waals surface area contributed by atoms with Gasteiger partial charge in [-0.2, -0.15) is 4.98 Å². The molecule has 1 aromatic heterocycles. The van der Waals surface area contributed by atoms with E-state index in [1.165, 1.54) is 19.3 Å². The van der Waals surface area contributed by atoms with Crippen molar-refractivity contribution in [2.45, 2.75) is 38.2 Å². The summed E-state index contributed by atoms with van der Waals surface area (Å²) in [7, 11) is 0. The van der Waals surface area contributed by atoms with Crippen molar-refractivity contribution in [3.63, 3.8) is 0 Å². The minimum atomic E-state index is -0.0436. The second-order valence-corrected chi connectivity index (χ2v) is 5.07. The molecule has 17 heavy (non-hydrogen) atoms. The van der Waals surface area contributed by atoms with E-state index in [0.717, 1.165) is 19.0 Å². The first kappa shape index (κ1) is 11.2. The molecule has 1 aliphatic heterocycles. The van der Waals surface area contributed by atoms with Crippen LogP contribution in [0.25, 0.3) is 0 Å². The Labute approximate surface area is 101 Å². The Hall–Kier alpha value is -0.940. The molecule has 1 aromatic rings. The van der Waals surface area contributed by atoms with Crippen molar-refractivity contribution < 1.29 is 9.26 Å². The molecule has 0 amide bonds. The summed E-state index contributed by atoms with van der Waals surface area (Å²) in [5.74, 6) is 2.62. The van der Waals surface area contributed by atoms with Gasteiger partial charge in [-0.25, -0.2) is 0 Å². The maximum atomic E-state index is 5.62. The van der Waals surface area contributed by atoms with Crippen molar-refractivity contribution in [2.75, 3.05) is 19.7 Å². The number of hydrogen-bond donors (Lipinski definition) is 1. The smallest absolute Gasteiger partial charge is 0.230 e. The first-order chi connectivity index (χ1) is 8.34. The molecule has 1 saturated heterocycles. The summed E-state index contributed by atoms with van der Waals surface area (Å²) in [4.78, 5) is 4.52. The molecule has 5 nitrogen and oxygen atoms in total. The fourth-order valence-corrected chi connectivity index (χ4v) is 2.77. The van der Waals surface area contributed by atoms with Crippen molar-refractivity contribution in [3.05, 3.63) is 11.7 Å². The monoisotopic (exact) mass is 237 g/mol. The Morgan fingerprint density at radius 3 is 3.00 bits per heavy atom. The van der Waals surface area contributed by atoms with E-state index in [9.17, 15) is 0 Å². The highest BCUT2D eigenvalue weighted by molar-refractivity contribution is 5.01. The zero-order chi connectivity index (χ0) is 11.7. The van der Waals surface area contributed by atoms with Gasteiger partial charge in [0.15, 0.2) is 0 Å². The molecule has 3 atom stereocenters. The molecule has 0 spiro atoms. The normalized spacial score (nSPS) is 34.1. The summed E-state index contributed by atoms with van der Waals surface area (Å²) < 4.78 is 11.0. The topological polar surface area (TPSA) is 60.2 Å². The van der Waals surface area contributed by atoms with Crippen LogP contribution in [0.15, 0.2) is 4.52 Å². The van der Waals surface area contributed by atoms with Crippen LogP contribution in [0.3, 0.4) is 0 Å². The SMILES string of the molecule is CC1CCCC1c1nc(C2CNCCO2)no1. The lowest BCUT2D eigenvalue weighted by atomic mass is 9.98. The number of hydrogen-bond acceptors (Lipinski definition) is 5. The largest absolute Gasteiger partial charge is 0.367 e. The predicted molar refractivity (Wildman–Crippen MR) is 61.6 cm³/mol. The van der Waals surface area contributed by atoms with Gasteiger partial charge in [0.25, 0.3) is 0 Å². The van der Waals surface area contributed by atoms with E-state index < -0.39 is 0 Å². The minimum absolute atomic E-state index is 0.0436. The van der Waals surface area contributed by atoms with Gasteiger partial charge in [0.1, 0.15) is 6.10 Å². The lowest BCUT2D eigenvalue weighted by Crippen LogP contribution is -2.33. The molecule has 3 unspecified atom stereocenters. The van der Waals surface area contributed by atoms with Gasteiger partial charge in [-0.15, -0.1) is 0 Å². The first-order valence-electron chi connectivity index (χ1n) is 6.50. The molecule has 1 saturated carbocycles. The fraction of sp³-hybridized carbons (Fsp3) is 0.833. The molecule has 1 aliphatic carbocycles. The summed E-state index contributed by atoms with van der Waals surface area (Å²) in [6.45, 7) is 4.66. The van der Waals surface area contributed by atoms with E-state index in [4.69, 9.17) is 9.26 Å². The van der Waals surface area contributed by atoms with Crippen LogP contribution in [0.5, 0.6) is 0 Å². The number of ether oxygens (including phenoxy) is 1. The zero-order valence-electron chi connectivity index (χ0n) is 10.2.